The summed E-state index contributed by atoms with van der Waals surface area (Å²) in [6.45, 7) is 0. The van der Waals surface area contributed by atoms with Gasteiger partial charge in [0.15, 0.2) is 0 Å². The smallest absolute Gasteiger partial charge is 0.305 e. The maximum absolute atomic E-state index is 12.5. The van der Waals surface area contributed by atoms with Crippen molar-refractivity contribution in [2.75, 3.05) is 21.3 Å². The minimum Gasteiger partial charge on any atom is -0.497 e. The van der Waals surface area contributed by atoms with Crippen molar-refractivity contribution in [1.29, 1.82) is 0 Å². The number of hydrogen-bond donors (Lipinski definition) is 2. The van der Waals surface area contributed by atoms with Crippen LogP contribution in [0.1, 0.15) is 27.7 Å². The number of ether oxygens (including phenoxy) is 3. The van der Waals surface area contributed by atoms with E-state index in [4.69, 9.17) is 14.2 Å². The van der Waals surface area contributed by atoms with Gasteiger partial charge < -0.3 is 24.6 Å². The van der Waals surface area contributed by atoms with Crippen molar-refractivity contribution >= 4 is 23.2 Å². The molecule has 0 bridgehead atoms. The Morgan fingerprint density at radius 3 is 2.44 bits per heavy atom. The Bertz CT molecular complexity index is 757. The average molecular weight is 365 g/mol. The summed E-state index contributed by atoms with van der Waals surface area (Å²) in [5.41, 5.74) is 0.551. The summed E-state index contributed by atoms with van der Waals surface area (Å²) < 4.78 is 15.6. The van der Waals surface area contributed by atoms with Gasteiger partial charge in [-0.3, -0.25) is 9.59 Å². The molecule has 2 N–H and O–H groups in total. The molecule has 0 aliphatic carbocycles. The highest BCUT2D eigenvalue weighted by Gasteiger charge is 2.24. The highest BCUT2D eigenvalue weighted by molar-refractivity contribution is 7.12. The first-order chi connectivity index (χ1) is 12.0. The number of aliphatic carboxylic acids is 1. The predicted molar refractivity (Wildman–Crippen MR) is 92.9 cm³/mol. The van der Waals surface area contributed by atoms with Gasteiger partial charge in [0.25, 0.3) is 5.91 Å². The zero-order valence-corrected chi connectivity index (χ0v) is 14.9. The highest BCUT2D eigenvalue weighted by atomic mass is 32.1. The van der Waals surface area contributed by atoms with Gasteiger partial charge in [0.1, 0.15) is 22.1 Å². The third-order valence-corrected chi connectivity index (χ3v) is 4.45. The van der Waals surface area contributed by atoms with Crippen LogP contribution in [-0.2, 0) is 4.79 Å². The van der Waals surface area contributed by atoms with Crippen LogP contribution in [0.2, 0.25) is 0 Å². The fourth-order valence-electron chi connectivity index (χ4n) is 2.37. The number of carboxylic acids is 1. The lowest BCUT2D eigenvalue weighted by molar-refractivity contribution is -0.137. The van der Waals surface area contributed by atoms with E-state index < -0.39 is 17.9 Å². The number of thiophene rings is 1. The van der Waals surface area contributed by atoms with Gasteiger partial charge >= 0.3 is 5.97 Å². The van der Waals surface area contributed by atoms with E-state index in [1.165, 1.54) is 32.7 Å². The quantitative estimate of drug-likeness (QED) is 0.747. The van der Waals surface area contributed by atoms with Crippen LogP contribution in [0.3, 0.4) is 0 Å². The molecule has 1 aromatic carbocycles. The van der Waals surface area contributed by atoms with Crippen LogP contribution in [0.15, 0.2) is 29.6 Å². The topological polar surface area (TPSA) is 94.1 Å². The fourth-order valence-corrected chi connectivity index (χ4v) is 3.13. The molecule has 0 radical (unpaired) electrons. The minimum absolute atomic E-state index is 0.290. The maximum atomic E-state index is 12.5. The van der Waals surface area contributed by atoms with Crippen LogP contribution >= 0.6 is 11.3 Å². The van der Waals surface area contributed by atoms with Gasteiger partial charge in [0.05, 0.1) is 33.8 Å². The van der Waals surface area contributed by atoms with Crippen LogP contribution in [0.25, 0.3) is 0 Å². The van der Waals surface area contributed by atoms with Crippen LogP contribution in [0.5, 0.6) is 17.2 Å². The fraction of sp³-hybridized carbons (Fsp3) is 0.294. The molecule has 0 spiro atoms. The van der Waals surface area contributed by atoms with E-state index >= 15 is 0 Å². The minimum atomic E-state index is -1.04. The normalized spacial score (nSPS) is 11.5. The lowest BCUT2D eigenvalue weighted by Crippen LogP contribution is -2.30. The highest BCUT2D eigenvalue weighted by Crippen LogP contribution is 2.32. The zero-order valence-electron chi connectivity index (χ0n) is 14.1. The van der Waals surface area contributed by atoms with Crippen molar-refractivity contribution in [3.05, 3.63) is 40.1 Å². The Morgan fingerprint density at radius 1 is 1.12 bits per heavy atom. The Labute approximate surface area is 149 Å². The van der Waals surface area contributed by atoms with E-state index in [-0.39, 0.29) is 6.42 Å². The summed E-state index contributed by atoms with van der Waals surface area (Å²) in [6, 6.07) is 5.92. The summed E-state index contributed by atoms with van der Waals surface area (Å²) >= 11 is 1.22. The largest absolute Gasteiger partial charge is 0.497 e. The molecular formula is C17H19NO6S. The number of rotatable bonds is 8. The Hall–Kier alpha value is -2.74. The van der Waals surface area contributed by atoms with Crippen LogP contribution in [-0.4, -0.2) is 38.3 Å². The van der Waals surface area contributed by atoms with Gasteiger partial charge in [-0.2, -0.15) is 0 Å². The number of hydrogen-bond acceptors (Lipinski definition) is 6. The molecule has 1 amide bonds. The van der Waals surface area contributed by atoms with Gasteiger partial charge in [-0.15, -0.1) is 11.3 Å². The van der Waals surface area contributed by atoms with Gasteiger partial charge in [-0.25, -0.2) is 0 Å². The molecule has 1 unspecified atom stereocenters. The zero-order chi connectivity index (χ0) is 18.4. The number of nitrogens with one attached hydrogen (secondary N) is 1. The first kappa shape index (κ1) is 18.6. The first-order valence-electron chi connectivity index (χ1n) is 7.36. The first-order valence-corrected chi connectivity index (χ1v) is 8.24. The number of carboxylic acid groups (broad SMARTS) is 1. The standard InChI is InChI=1S/C17H19NO6S/c1-22-10-4-5-11(14(8-10)24-3)12(9-15(19)20)18-17(21)16-13(23-2)6-7-25-16/h4-8,12H,9H2,1-3H3,(H,18,21)(H,19,20). The Morgan fingerprint density at radius 2 is 1.84 bits per heavy atom. The Balaban J connectivity index is 2.33. The number of carbonyl (C=O) groups is 2. The summed E-state index contributed by atoms with van der Waals surface area (Å²) in [6.07, 6.45) is -0.290. The van der Waals surface area contributed by atoms with Crippen LogP contribution in [0, 0.1) is 0 Å². The number of methoxy groups -OCH3 is 3. The van der Waals surface area contributed by atoms with E-state index in [1.807, 2.05) is 0 Å². The molecule has 1 aromatic heterocycles. The van der Waals surface area contributed by atoms with Crippen molar-refractivity contribution in [3.63, 3.8) is 0 Å². The summed E-state index contributed by atoms with van der Waals surface area (Å²) in [5.74, 6) is 0.000491. The number of benzene rings is 1. The second-order valence-electron chi connectivity index (χ2n) is 5.05. The van der Waals surface area contributed by atoms with Crippen molar-refractivity contribution in [3.8, 4) is 17.2 Å². The van der Waals surface area contributed by atoms with Crippen molar-refractivity contribution in [1.82, 2.24) is 5.32 Å². The SMILES string of the molecule is COc1ccc(C(CC(=O)O)NC(=O)c2sccc2OC)c(OC)c1. The van der Waals surface area contributed by atoms with Crippen molar-refractivity contribution in [2.24, 2.45) is 0 Å². The molecule has 0 aliphatic heterocycles. The van der Waals surface area contributed by atoms with Gasteiger partial charge in [0, 0.05) is 11.6 Å². The Kier molecular flexibility index (Phi) is 6.24. The second kappa shape index (κ2) is 8.39. The molecule has 25 heavy (non-hydrogen) atoms. The van der Waals surface area contributed by atoms with E-state index in [9.17, 15) is 14.7 Å². The lowest BCUT2D eigenvalue weighted by atomic mass is 10.0. The average Bonchev–Trinajstić information content (AvgIpc) is 3.09. The molecule has 0 saturated carbocycles. The van der Waals surface area contributed by atoms with Gasteiger partial charge in [-0.1, -0.05) is 0 Å². The van der Waals surface area contributed by atoms with Gasteiger partial charge in [0.2, 0.25) is 0 Å². The van der Waals surface area contributed by atoms with E-state index in [1.54, 1.807) is 29.6 Å². The molecule has 1 atom stereocenters. The second-order valence-corrected chi connectivity index (χ2v) is 5.97. The molecule has 0 saturated heterocycles. The molecule has 7 nitrogen and oxygen atoms in total. The molecule has 134 valence electrons. The van der Waals surface area contributed by atoms with E-state index in [0.29, 0.717) is 27.7 Å². The molecular weight excluding hydrogens is 346 g/mol. The molecule has 8 heteroatoms. The molecule has 0 aliphatic rings. The molecule has 2 aromatic rings. The third-order valence-electron chi connectivity index (χ3n) is 3.56. The van der Waals surface area contributed by atoms with Crippen LogP contribution < -0.4 is 19.5 Å². The van der Waals surface area contributed by atoms with Crippen molar-refractivity contribution < 1.29 is 28.9 Å². The van der Waals surface area contributed by atoms with Gasteiger partial charge in [-0.05, 0) is 23.6 Å². The summed E-state index contributed by atoms with van der Waals surface area (Å²) in [4.78, 5) is 24.2. The number of carbonyl (C=O) groups excluding carboxylic acids is 1. The number of amides is 1. The summed E-state index contributed by atoms with van der Waals surface area (Å²) in [7, 11) is 4.47. The molecule has 2 rings (SSSR count). The van der Waals surface area contributed by atoms with Crippen molar-refractivity contribution in [2.45, 2.75) is 12.5 Å². The van der Waals surface area contributed by atoms with Crippen LogP contribution in [0.4, 0.5) is 0 Å². The predicted octanol–water partition coefficient (Wildman–Crippen LogP) is 2.72. The lowest BCUT2D eigenvalue weighted by Gasteiger charge is -2.20. The maximum Gasteiger partial charge on any atom is 0.305 e. The molecule has 1 heterocycles. The third kappa shape index (κ3) is 4.42. The van der Waals surface area contributed by atoms with E-state index in [2.05, 4.69) is 5.32 Å². The molecule has 0 fully saturated rings. The van der Waals surface area contributed by atoms with E-state index in [0.717, 1.165) is 0 Å². The monoisotopic (exact) mass is 365 g/mol. The summed E-state index contributed by atoms with van der Waals surface area (Å²) in [5, 5.41) is 13.7.